The summed E-state index contributed by atoms with van der Waals surface area (Å²) in [5, 5.41) is 2.91. The minimum Gasteiger partial charge on any atom is -0.353 e. The number of amides is 2. The van der Waals surface area contributed by atoms with Gasteiger partial charge >= 0.3 is 0 Å². The fraction of sp³-hybridized carbons (Fsp3) is 0.652. The van der Waals surface area contributed by atoms with Gasteiger partial charge in [-0.2, -0.15) is 4.31 Å². The lowest BCUT2D eigenvalue weighted by atomic mass is 10.0. The standard InChI is InChI=1S/C23H36N4O4S/c1-18(2)20-7-9-21(10-8-20)32(30,31)27-16-15-26(19(3)28)17-22(27)23(29)24-11-14-25-12-5-4-6-13-25/h7-10,18,22H,4-6,11-17H2,1-3H3,(H,24,29)/t22-/m1/s1. The van der Waals surface area contributed by atoms with Crippen LogP contribution in [0.4, 0.5) is 0 Å². The summed E-state index contributed by atoms with van der Waals surface area (Å²) in [7, 11) is -3.87. The van der Waals surface area contributed by atoms with Crippen LogP contribution in [-0.2, 0) is 19.6 Å². The van der Waals surface area contributed by atoms with Gasteiger partial charge in [-0.1, -0.05) is 32.4 Å². The molecule has 0 bridgehead atoms. The van der Waals surface area contributed by atoms with E-state index in [0.717, 1.165) is 25.2 Å². The van der Waals surface area contributed by atoms with Crippen molar-refractivity contribution in [3.05, 3.63) is 29.8 Å². The summed E-state index contributed by atoms with van der Waals surface area (Å²) in [4.78, 5) is 29.0. The lowest BCUT2D eigenvalue weighted by Crippen LogP contribution is -2.61. The molecule has 0 radical (unpaired) electrons. The van der Waals surface area contributed by atoms with Gasteiger partial charge in [-0.05, 0) is 49.5 Å². The van der Waals surface area contributed by atoms with Crippen molar-refractivity contribution in [1.82, 2.24) is 19.4 Å². The van der Waals surface area contributed by atoms with Gasteiger partial charge in [0.15, 0.2) is 0 Å². The third kappa shape index (κ3) is 5.88. The number of nitrogens with one attached hydrogen (secondary N) is 1. The maximum Gasteiger partial charge on any atom is 0.243 e. The Hall–Kier alpha value is -1.97. The maximum atomic E-state index is 13.4. The molecule has 2 heterocycles. The number of piperidine rings is 1. The molecule has 2 aliphatic rings. The molecule has 1 atom stereocenters. The molecule has 2 aliphatic heterocycles. The van der Waals surface area contributed by atoms with Crippen LogP contribution in [0.5, 0.6) is 0 Å². The number of sulfonamides is 1. The van der Waals surface area contributed by atoms with Gasteiger partial charge in [-0.3, -0.25) is 9.59 Å². The summed E-state index contributed by atoms with van der Waals surface area (Å²) >= 11 is 0. The second-order valence-corrected chi connectivity index (χ2v) is 10.9. The van der Waals surface area contributed by atoms with Gasteiger partial charge in [0.25, 0.3) is 0 Å². The molecule has 8 nitrogen and oxygen atoms in total. The van der Waals surface area contributed by atoms with Crippen LogP contribution in [0.1, 0.15) is 51.5 Å². The molecule has 2 amide bonds. The Morgan fingerprint density at radius 1 is 1.03 bits per heavy atom. The number of carbonyl (C=O) groups is 2. The lowest BCUT2D eigenvalue weighted by Gasteiger charge is -2.39. The van der Waals surface area contributed by atoms with Crippen molar-refractivity contribution >= 4 is 21.8 Å². The summed E-state index contributed by atoms with van der Waals surface area (Å²) in [6.45, 7) is 9.26. The Labute approximate surface area is 192 Å². The van der Waals surface area contributed by atoms with Crippen LogP contribution in [0.2, 0.25) is 0 Å². The zero-order valence-electron chi connectivity index (χ0n) is 19.4. The van der Waals surface area contributed by atoms with Crippen molar-refractivity contribution in [2.24, 2.45) is 0 Å². The Morgan fingerprint density at radius 2 is 1.69 bits per heavy atom. The number of hydrogen-bond donors (Lipinski definition) is 1. The predicted molar refractivity (Wildman–Crippen MR) is 124 cm³/mol. The van der Waals surface area contributed by atoms with Crippen LogP contribution < -0.4 is 5.32 Å². The molecule has 0 unspecified atom stereocenters. The molecule has 1 N–H and O–H groups in total. The van der Waals surface area contributed by atoms with Gasteiger partial charge in [0.2, 0.25) is 21.8 Å². The summed E-state index contributed by atoms with van der Waals surface area (Å²) < 4.78 is 28.1. The molecule has 1 aromatic rings. The molecule has 9 heteroatoms. The van der Waals surface area contributed by atoms with E-state index in [-0.39, 0.29) is 36.3 Å². The molecular weight excluding hydrogens is 428 g/mol. The number of carbonyl (C=O) groups excluding carboxylic acids is 2. The molecule has 1 aromatic carbocycles. The molecule has 0 saturated carbocycles. The highest BCUT2D eigenvalue weighted by atomic mass is 32.2. The third-order valence-electron chi connectivity index (χ3n) is 6.41. The van der Waals surface area contributed by atoms with E-state index < -0.39 is 16.1 Å². The van der Waals surface area contributed by atoms with Crippen molar-refractivity contribution in [2.45, 2.75) is 56.9 Å². The van der Waals surface area contributed by atoms with Gasteiger partial charge in [-0.15, -0.1) is 0 Å². The van der Waals surface area contributed by atoms with Gasteiger partial charge in [-0.25, -0.2) is 8.42 Å². The molecule has 0 aromatic heterocycles. The van der Waals surface area contributed by atoms with Gasteiger partial charge in [0, 0.05) is 39.6 Å². The first-order valence-electron chi connectivity index (χ1n) is 11.6. The Morgan fingerprint density at radius 3 is 2.28 bits per heavy atom. The van der Waals surface area contributed by atoms with E-state index in [1.54, 1.807) is 17.0 Å². The lowest BCUT2D eigenvalue weighted by molar-refractivity contribution is -0.134. The number of hydrogen-bond acceptors (Lipinski definition) is 5. The Bertz CT molecular complexity index is 895. The quantitative estimate of drug-likeness (QED) is 0.663. The average Bonchev–Trinajstić information content (AvgIpc) is 2.79. The van der Waals surface area contributed by atoms with Gasteiger partial charge < -0.3 is 15.1 Å². The van der Waals surface area contributed by atoms with Crippen LogP contribution in [0.25, 0.3) is 0 Å². The topological polar surface area (TPSA) is 90.0 Å². The van der Waals surface area contributed by atoms with E-state index in [9.17, 15) is 18.0 Å². The average molecular weight is 465 g/mol. The maximum absolute atomic E-state index is 13.4. The van der Waals surface area contributed by atoms with E-state index in [4.69, 9.17) is 0 Å². The first-order valence-corrected chi connectivity index (χ1v) is 13.0. The molecule has 2 saturated heterocycles. The van der Waals surface area contributed by atoms with Crippen molar-refractivity contribution in [3.63, 3.8) is 0 Å². The van der Waals surface area contributed by atoms with Crippen molar-refractivity contribution < 1.29 is 18.0 Å². The monoisotopic (exact) mass is 464 g/mol. The SMILES string of the molecule is CC(=O)N1CCN(S(=O)(=O)c2ccc(C(C)C)cc2)[C@@H](C(=O)NCCN2CCCCC2)C1. The number of rotatable bonds is 7. The smallest absolute Gasteiger partial charge is 0.243 e. The number of nitrogens with zero attached hydrogens (tertiary/aromatic N) is 3. The largest absolute Gasteiger partial charge is 0.353 e. The Kier molecular flexibility index (Phi) is 8.30. The molecule has 32 heavy (non-hydrogen) atoms. The first kappa shape index (κ1) is 24.7. The molecular formula is C23H36N4O4S. The van der Waals surface area contributed by atoms with Crippen LogP contribution in [0, 0.1) is 0 Å². The zero-order chi connectivity index (χ0) is 23.3. The minimum atomic E-state index is -3.87. The summed E-state index contributed by atoms with van der Waals surface area (Å²) in [5.41, 5.74) is 1.05. The summed E-state index contributed by atoms with van der Waals surface area (Å²) in [6, 6.07) is 5.90. The first-order chi connectivity index (χ1) is 15.2. The molecule has 0 aliphatic carbocycles. The molecule has 3 rings (SSSR count). The summed E-state index contributed by atoms with van der Waals surface area (Å²) in [6.07, 6.45) is 3.59. The highest BCUT2D eigenvalue weighted by Crippen LogP contribution is 2.24. The number of piperazine rings is 1. The Balaban J connectivity index is 1.74. The van der Waals surface area contributed by atoms with Gasteiger partial charge in [0.05, 0.1) is 4.90 Å². The minimum absolute atomic E-state index is 0.0637. The van der Waals surface area contributed by atoms with Crippen LogP contribution >= 0.6 is 0 Å². The second-order valence-electron chi connectivity index (χ2n) is 9.01. The van der Waals surface area contributed by atoms with Crippen LogP contribution in [0.3, 0.4) is 0 Å². The fourth-order valence-corrected chi connectivity index (χ4v) is 5.92. The second kappa shape index (κ2) is 10.8. The zero-order valence-corrected chi connectivity index (χ0v) is 20.2. The number of benzene rings is 1. The molecule has 0 spiro atoms. The highest BCUT2D eigenvalue weighted by molar-refractivity contribution is 7.89. The molecule has 2 fully saturated rings. The highest BCUT2D eigenvalue weighted by Gasteiger charge is 2.40. The van der Waals surface area contributed by atoms with E-state index in [0.29, 0.717) is 12.5 Å². The van der Waals surface area contributed by atoms with Crippen LogP contribution in [-0.4, -0.2) is 86.2 Å². The predicted octanol–water partition coefficient (Wildman–Crippen LogP) is 1.63. The van der Waals surface area contributed by atoms with Gasteiger partial charge in [0.1, 0.15) is 6.04 Å². The van der Waals surface area contributed by atoms with E-state index in [1.807, 2.05) is 12.1 Å². The van der Waals surface area contributed by atoms with E-state index in [1.165, 1.54) is 30.5 Å². The summed E-state index contributed by atoms with van der Waals surface area (Å²) in [5.74, 6) is -0.214. The van der Waals surface area contributed by atoms with Crippen molar-refractivity contribution in [2.75, 3.05) is 45.8 Å². The van der Waals surface area contributed by atoms with Crippen molar-refractivity contribution in [1.29, 1.82) is 0 Å². The van der Waals surface area contributed by atoms with E-state index >= 15 is 0 Å². The third-order valence-corrected chi connectivity index (χ3v) is 8.33. The van der Waals surface area contributed by atoms with Crippen LogP contribution in [0.15, 0.2) is 29.2 Å². The van der Waals surface area contributed by atoms with E-state index in [2.05, 4.69) is 24.1 Å². The normalized spacial score (nSPS) is 21.0. The fourth-order valence-electron chi connectivity index (χ4n) is 4.35. The number of likely N-dealkylation sites (tertiary alicyclic amines) is 1. The molecule has 178 valence electrons. The van der Waals surface area contributed by atoms with Crippen molar-refractivity contribution in [3.8, 4) is 0 Å².